The molecule has 0 N–H and O–H groups in total. The molecule has 3 aromatic rings. The standard InChI is InChI=1S/C13H8BrN3O/c14-11-3-1-2-10(6-11)13-16-15-12-5-4-9(8-18)7-17(12)13/h1-8H. The second-order valence-electron chi connectivity index (χ2n) is 3.84. The highest BCUT2D eigenvalue weighted by atomic mass is 79.9. The fraction of sp³-hybridized carbons (Fsp3) is 0. The van der Waals surface area contributed by atoms with Gasteiger partial charge in [-0.2, -0.15) is 0 Å². The molecule has 0 radical (unpaired) electrons. The molecule has 0 unspecified atom stereocenters. The van der Waals surface area contributed by atoms with Gasteiger partial charge in [0.1, 0.15) is 0 Å². The Morgan fingerprint density at radius 3 is 2.83 bits per heavy atom. The molecule has 1 aromatic carbocycles. The summed E-state index contributed by atoms with van der Waals surface area (Å²) in [6.07, 6.45) is 2.54. The first kappa shape index (κ1) is 11.1. The van der Waals surface area contributed by atoms with E-state index < -0.39 is 0 Å². The van der Waals surface area contributed by atoms with Gasteiger partial charge in [0.25, 0.3) is 0 Å². The van der Waals surface area contributed by atoms with Crippen molar-refractivity contribution in [3.63, 3.8) is 0 Å². The molecule has 0 spiro atoms. The maximum absolute atomic E-state index is 10.8. The lowest BCUT2D eigenvalue weighted by atomic mass is 10.2. The average Bonchev–Trinajstić information content (AvgIpc) is 2.81. The Bertz CT molecular complexity index is 736. The third kappa shape index (κ3) is 1.82. The molecule has 88 valence electrons. The average molecular weight is 302 g/mol. The molecule has 2 aromatic heterocycles. The third-order valence-corrected chi connectivity index (χ3v) is 3.14. The zero-order chi connectivity index (χ0) is 12.5. The molecule has 0 aliphatic rings. The Balaban J connectivity index is 2.26. The van der Waals surface area contributed by atoms with Crippen molar-refractivity contribution in [2.75, 3.05) is 0 Å². The fourth-order valence-corrected chi connectivity index (χ4v) is 2.20. The highest BCUT2D eigenvalue weighted by molar-refractivity contribution is 9.10. The Morgan fingerprint density at radius 1 is 1.17 bits per heavy atom. The fourth-order valence-electron chi connectivity index (χ4n) is 1.80. The first-order chi connectivity index (χ1) is 8.78. The van der Waals surface area contributed by atoms with Crippen LogP contribution < -0.4 is 0 Å². The van der Waals surface area contributed by atoms with Crippen molar-refractivity contribution in [2.24, 2.45) is 0 Å². The smallest absolute Gasteiger partial charge is 0.168 e. The number of rotatable bonds is 2. The van der Waals surface area contributed by atoms with E-state index in [0.29, 0.717) is 5.56 Å². The summed E-state index contributed by atoms with van der Waals surface area (Å²) in [4.78, 5) is 10.8. The lowest BCUT2D eigenvalue weighted by Gasteiger charge is -2.01. The molecule has 0 bridgehead atoms. The second kappa shape index (κ2) is 4.34. The Labute approximate surface area is 111 Å². The lowest BCUT2D eigenvalue weighted by molar-refractivity contribution is 0.112. The van der Waals surface area contributed by atoms with Crippen molar-refractivity contribution in [3.8, 4) is 11.4 Å². The molecular formula is C13H8BrN3O. The van der Waals surface area contributed by atoms with E-state index in [1.165, 1.54) is 0 Å². The number of hydrogen-bond acceptors (Lipinski definition) is 3. The van der Waals surface area contributed by atoms with Gasteiger partial charge < -0.3 is 0 Å². The van der Waals surface area contributed by atoms with Crippen LogP contribution in [-0.4, -0.2) is 20.9 Å². The second-order valence-corrected chi connectivity index (χ2v) is 4.76. The van der Waals surface area contributed by atoms with Crippen LogP contribution in [0.5, 0.6) is 0 Å². The molecule has 4 nitrogen and oxygen atoms in total. The molecule has 0 fully saturated rings. The van der Waals surface area contributed by atoms with Crippen molar-refractivity contribution in [1.82, 2.24) is 14.6 Å². The van der Waals surface area contributed by atoms with E-state index in [9.17, 15) is 4.79 Å². The maximum Gasteiger partial charge on any atom is 0.168 e. The van der Waals surface area contributed by atoms with E-state index in [0.717, 1.165) is 27.8 Å². The monoisotopic (exact) mass is 301 g/mol. The summed E-state index contributed by atoms with van der Waals surface area (Å²) >= 11 is 3.43. The molecule has 18 heavy (non-hydrogen) atoms. The zero-order valence-electron chi connectivity index (χ0n) is 9.25. The molecule has 0 amide bonds. The Hall–Kier alpha value is -2.01. The van der Waals surface area contributed by atoms with Crippen molar-refractivity contribution in [3.05, 3.63) is 52.6 Å². The molecule has 5 heteroatoms. The molecule has 0 saturated heterocycles. The number of hydrogen-bond donors (Lipinski definition) is 0. The first-order valence-electron chi connectivity index (χ1n) is 5.34. The van der Waals surface area contributed by atoms with E-state index in [4.69, 9.17) is 0 Å². The van der Waals surface area contributed by atoms with Gasteiger partial charge in [-0.1, -0.05) is 28.1 Å². The van der Waals surface area contributed by atoms with Crippen LogP contribution in [0.25, 0.3) is 17.0 Å². The van der Waals surface area contributed by atoms with E-state index in [1.807, 2.05) is 28.7 Å². The van der Waals surface area contributed by atoms with E-state index in [-0.39, 0.29) is 0 Å². The van der Waals surface area contributed by atoms with Crippen LogP contribution in [0.15, 0.2) is 47.1 Å². The zero-order valence-corrected chi connectivity index (χ0v) is 10.8. The molecule has 2 heterocycles. The summed E-state index contributed by atoms with van der Waals surface area (Å²) in [5.41, 5.74) is 2.26. The van der Waals surface area contributed by atoms with Gasteiger partial charge in [-0.25, -0.2) is 0 Å². The van der Waals surface area contributed by atoms with E-state index in [2.05, 4.69) is 26.1 Å². The van der Waals surface area contributed by atoms with Gasteiger partial charge in [0.05, 0.1) is 0 Å². The van der Waals surface area contributed by atoms with Crippen LogP contribution in [-0.2, 0) is 0 Å². The normalized spacial score (nSPS) is 10.7. The van der Waals surface area contributed by atoms with Crippen LogP contribution in [0.3, 0.4) is 0 Å². The Morgan fingerprint density at radius 2 is 2.06 bits per heavy atom. The van der Waals surface area contributed by atoms with Crippen LogP contribution in [0.4, 0.5) is 0 Å². The number of fused-ring (bicyclic) bond motifs is 1. The minimum atomic E-state index is 0.596. The minimum Gasteiger partial charge on any atom is -0.298 e. The predicted octanol–water partition coefficient (Wildman–Crippen LogP) is 2.97. The van der Waals surface area contributed by atoms with Gasteiger partial charge in [0, 0.05) is 21.8 Å². The SMILES string of the molecule is O=Cc1ccc2nnc(-c3cccc(Br)c3)n2c1. The van der Waals surface area contributed by atoms with Crippen LogP contribution in [0, 0.1) is 0 Å². The van der Waals surface area contributed by atoms with Crippen molar-refractivity contribution >= 4 is 27.9 Å². The summed E-state index contributed by atoms with van der Waals surface area (Å²) in [6, 6.07) is 11.3. The quantitative estimate of drug-likeness (QED) is 0.684. The molecule has 3 rings (SSSR count). The highest BCUT2D eigenvalue weighted by Crippen LogP contribution is 2.22. The molecule has 0 aliphatic heterocycles. The van der Waals surface area contributed by atoms with E-state index in [1.54, 1.807) is 18.3 Å². The van der Waals surface area contributed by atoms with E-state index >= 15 is 0 Å². The summed E-state index contributed by atoms with van der Waals surface area (Å²) in [5, 5.41) is 8.24. The minimum absolute atomic E-state index is 0.596. The first-order valence-corrected chi connectivity index (χ1v) is 6.13. The van der Waals surface area contributed by atoms with Gasteiger partial charge in [-0.05, 0) is 24.3 Å². The number of carbonyl (C=O) groups is 1. The van der Waals surface area contributed by atoms with Crippen molar-refractivity contribution < 1.29 is 4.79 Å². The highest BCUT2D eigenvalue weighted by Gasteiger charge is 2.08. The van der Waals surface area contributed by atoms with Crippen molar-refractivity contribution in [2.45, 2.75) is 0 Å². The van der Waals surface area contributed by atoms with Gasteiger partial charge in [0.2, 0.25) is 0 Å². The van der Waals surface area contributed by atoms with Gasteiger partial charge in [0.15, 0.2) is 17.8 Å². The van der Waals surface area contributed by atoms with Crippen molar-refractivity contribution in [1.29, 1.82) is 0 Å². The number of nitrogens with zero attached hydrogens (tertiary/aromatic N) is 3. The summed E-state index contributed by atoms with van der Waals surface area (Å²) in [5.74, 6) is 0.718. The molecular weight excluding hydrogens is 294 g/mol. The summed E-state index contributed by atoms with van der Waals surface area (Å²) in [6.45, 7) is 0. The maximum atomic E-state index is 10.8. The topological polar surface area (TPSA) is 47.3 Å². The number of pyridine rings is 1. The largest absolute Gasteiger partial charge is 0.298 e. The number of halogens is 1. The van der Waals surface area contributed by atoms with Crippen LogP contribution in [0.2, 0.25) is 0 Å². The van der Waals surface area contributed by atoms with Crippen LogP contribution in [0.1, 0.15) is 10.4 Å². The number of benzene rings is 1. The number of aromatic nitrogens is 3. The summed E-state index contributed by atoms with van der Waals surface area (Å²) in [7, 11) is 0. The summed E-state index contributed by atoms with van der Waals surface area (Å²) < 4.78 is 2.79. The van der Waals surface area contributed by atoms with Gasteiger partial charge in [-0.3, -0.25) is 9.20 Å². The lowest BCUT2D eigenvalue weighted by Crippen LogP contribution is -1.92. The van der Waals surface area contributed by atoms with Gasteiger partial charge >= 0.3 is 0 Å². The molecule has 0 saturated carbocycles. The van der Waals surface area contributed by atoms with Crippen LogP contribution >= 0.6 is 15.9 Å². The number of carbonyl (C=O) groups excluding carboxylic acids is 1. The number of aldehydes is 1. The Kier molecular flexibility index (Phi) is 2.68. The molecule has 0 atom stereocenters. The predicted molar refractivity (Wildman–Crippen MR) is 71.5 cm³/mol. The van der Waals surface area contributed by atoms with Gasteiger partial charge in [-0.15, -0.1) is 10.2 Å². The molecule has 0 aliphatic carbocycles. The third-order valence-electron chi connectivity index (χ3n) is 2.64.